The number of benzene rings is 1. The summed E-state index contributed by atoms with van der Waals surface area (Å²) in [6, 6.07) is 8.02. The lowest BCUT2D eigenvalue weighted by molar-refractivity contribution is 0.301. The van der Waals surface area contributed by atoms with Crippen molar-refractivity contribution >= 4 is 25.8 Å². The second kappa shape index (κ2) is 6.72. The molecule has 0 aliphatic carbocycles. The van der Waals surface area contributed by atoms with Crippen LogP contribution in [-0.4, -0.2) is 39.1 Å². The minimum absolute atomic E-state index is 0.301. The largest absolute Gasteiger partial charge is 0.492 e. The van der Waals surface area contributed by atoms with E-state index >= 15 is 0 Å². The van der Waals surface area contributed by atoms with Crippen molar-refractivity contribution in [2.75, 3.05) is 24.7 Å². The third-order valence-corrected chi connectivity index (χ3v) is 5.36. The summed E-state index contributed by atoms with van der Waals surface area (Å²) in [5.74, 6) is 1.44. The third kappa shape index (κ3) is 5.12. The first kappa shape index (κ1) is 14.8. The number of hydrogen-bond donors (Lipinski definition) is 1. The van der Waals surface area contributed by atoms with Gasteiger partial charge in [0, 0.05) is 17.1 Å². The second-order valence-corrected chi connectivity index (χ2v) is 7.91. The van der Waals surface area contributed by atoms with Gasteiger partial charge in [-0.3, -0.25) is 0 Å². The van der Waals surface area contributed by atoms with Crippen LogP contribution in [0.4, 0.5) is 0 Å². The quantitative estimate of drug-likeness (QED) is 0.827. The molecule has 0 amide bonds. The first-order valence-corrected chi connectivity index (χ1v) is 8.99. The standard InChI is InChI=1S/C13H18BrNO3S/c14-11-2-1-3-13(10-11)18-7-6-15-12-4-8-19(16,17)9-5-12/h1-3,10,12,15H,4-9H2. The molecule has 0 spiro atoms. The normalized spacial score (nSPS) is 19.2. The van der Waals surface area contributed by atoms with Crippen LogP contribution < -0.4 is 10.1 Å². The first-order chi connectivity index (χ1) is 9.05. The summed E-state index contributed by atoms with van der Waals surface area (Å²) in [7, 11) is -2.77. The first-order valence-electron chi connectivity index (χ1n) is 6.37. The van der Waals surface area contributed by atoms with Crippen molar-refractivity contribution in [3.8, 4) is 5.75 Å². The molecule has 0 unspecified atom stereocenters. The van der Waals surface area contributed by atoms with Gasteiger partial charge in [0.05, 0.1) is 11.5 Å². The lowest BCUT2D eigenvalue weighted by Gasteiger charge is -2.23. The van der Waals surface area contributed by atoms with E-state index in [1.165, 1.54) is 0 Å². The molecule has 0 aromatic heterocycles. The summed E-state index contributed by atoms with van der Waals surface area (Å²) in [6.45, 7) is 1.32. The summed E-state index contributed by atoms with van der Waals surface area (Å²) in [5.41, 5.74) is 0. The monoisotopic (exact) mass is 347 g/mol. The van der Waals surface area contributed by atoms with Gasteiger partial charge >= 0.3 is 0 Å². The Morgan fingerprint density at radius 2 is 2.05 bits per heavy atom. The summed E-state index contributed by atoms with van der Waals surface area (Å²) < 4.78 is 29.2. The van der Waals surface area contributed by atoms with Gasteiger partial charge in [-0.1, -0.05) is 22.0 Å². The van der Waals surface area contributed by atoms with Crippen molar-refractivity contribution in [3.63, 3.8) is 0 Å². The Morgan fingerprint density at radius 1 is 1.32 bits per heavy atom. The van der Waals surface area contributed by atoms with Gasteiger partial charge in [-0.2, -0.15) is 0 Å². The average molecular weight is 348 g/mol. The summed E-state index contributed by atoms with van der Waals surface area (Å²) in [6.07, 6.45) is 1.42. The van der Waals surface area contributed by atoms with Gasteiger partial charge in [0.1, 0.15) is 22.2 Å². The molecule has 1 aromatic carbocycles. The van der Waals surface area contributed by atoms with Crippen LogP contribution >= 0.6 is 15.9 Å². The molecule has 1 heterocycles. The molecule has 0 atom stereocenters. The number of halogens is 1. The molecule has 1 aliphatic rings. The van der Waals surface area contributed by atoms with E-state index < -0.39 is 9.84 Å². The minimum atomic E-state index is -2.77. The highest BCUT2D eigenvalue weighted by Gasteiger charge is 2.22. The van der Waals surface area contributed by atoms with Crippen molar-refractivity contribution in [1.29, 1.82) is 0 Å². The van der Waals surface area contributed by atoms with Crippen LogP contribution in [0.3, 0.4) is 0 Å². The van der Waals surface area contributed by atoms with Crippen molar-refractivity contribution in [2.45, 2.75) is 18.9 Å². The molecule has 1 N–H and O–H groups in total. The van der Waals surface area contributed by atoms with Gasteiger partial charge in [0.2, 0.25) is 0 Å². The summed E-state index contributed by atoms with van der Waals surface area (Å²) in [4.78, 5) is 0. The van der Waals surface area contributed by atoms with Crippen molar-refractivity contribution in [1.82, 2.24) is 5.32 Å². The molecule has 0 bridgehead atoms. The molecule has 1 aliphatic heterocycles. The average Bonchev–Trinajstić information content (AvgIpc) is 2.36. The molecule has 6 heteroatoms. The molecule has 2 rings (SSSR count). The predicted molar refractivity (Wildman–Crippen MR) is 79.3 cm³/mol. The van der Waals surface area contributed by atoms with Gasteiger partial charge in [-0.25, -0.2) is 8.42 Å². The van der Waals surface area contributed by atoms with E-state index in [0.29, 0.717) is 37.0 Å². The Labute approximate surface area is 122 Å². The topological polar surface area (TPSA) is 55.4 Å². The van der Waals surface area contributed by atoms with E-state index in [9.17, 15) is 8.42 Å². The Morgan fingerprint density at radius 3 is 2.74 bits per heavy atom. The van der Waals surface area contributed by atoms with Gasteiger partial charge in [0.25, 0.3) is 0 Å². The molecule has 1 fully saturated rings. The van der Waals surface area contributed by atoms with E-state index in [2.05, 4.69) is 21.2 Å². The molecule has 0 saturated carbocycles. The van der Waals surface area contributed by atoms with Crippen molar-refractivity contribution in [3.05, 3.63) is 28.7 Å². The Hall–Kier alpha value is -0.590. The fraction of sp³-hybridized carbons (Fsp3) is 0.538. The van der Waals surface area contributed by atoms with Gasteiger partial charge < -0.3 is 10.1 Å². The predicted octanol–water partition coefficient (Wildman–Crippen LogP) is 1.99. The number of hydrogen-bond acceptors (Lipinski definition) is 4. The van der Waals surface area contributed by atoms with Crippen molar-refractivity contribution in [2.24, 2.45) is 0 Å². The molecule has 19 heavy (non-hydrogen) atoms. The Kier molecular flexibility index (Phi) is 5.24. The fourth-order valence-electron chi connectivity index (χ4n) is 2.08. The number of nitrogens with one attached hydrogen (secondary N) is 1. The van der Waals surface area contributed by atoms with Gasteiger partial charge in [-0.15, -0.1) is 0 Å². The fourth-order valence-corrected chi connectivity index (χ4v) is 3.95. The SMILES string of the molecule is O=S1(=O)CCC(NCCOc2cccc(Br)c2)CC1. The number of sulfone groups is 1. The zero-order valence-electron chi connectivity index (χ0n) is 10.6. The van der Waals surface area contributed by atoms with Crippen LogP contribution in [0.15, 0.2) is 28.7 Å². The number of ether oxygens (including phenoxy) is 1. The van der Waals surface area contributed by atoms with Crippen LogP contribution in [0.1, 0.15) is 12.8 Å². The lowest BCUT2D eigenvalue weighted by atomic mass is 10.1. The lowest BCUT2D eigenvalue weighted by Crippen LogP contribution is -2.39. The molecule has 106 valence electrons. The highest BCUT2D eigenvalue weighted by Crippen LogP contribution is 2.17. The third-order valence-electron chi connectivity index (χ3n) is 3.15. The second-order valence-electron chi connectivity index (χ2n) is 4.69. The molecular formula is C13H18BrNO3S. The summed E-state index contributed by atoms with van der Waals surface area (Å²) in [5, 5.41) is 3.34. The van der Waals surface area contributed by atoms with E-state index in [1.807, 2.05) is 24.3 Å². The van der Waals surface area contributed by atoms with E-state index in [1.54, 1.807) is 0 Å². The van der Waals surface area contributed by atoms with Crippen LogP contribution in [-0.2, 0) is 9.84 Å². The highest BCUT2D eigenvalue weighted by atomic mass is 79.9. The zero-order valence-corrected chi connectivity index (χ0v) is 13.0. The van der Waals surface area contributed by atoms with E-state index in [-0.39, 0.29) is 0 Å². The Bertz CT molecular complexity index is 504. The molecular weight excluding hydrogens is 330 g/mol. The smallest absolute Gasteiger partial charge is 0.150 e. The molecule has 0 radical (unpaired) electrons. The maximum atomic E-state index is 11.3. The molecule has 1 aromatic rings. The summed E-state index contributed by atoms with van der Waals surface area (Å²) >= 11 is 3.39. The highest BCUT2D eigenvalue weighted by molar-refractivity contribution is 9.10. The minimum Gasteiger partial charge on any atom is -0.492 e. The van der Waals surface area contributed by atoms with E-state index in [0.717, 1.165) is 16.8 Å². The maximum absolute atomic E-state index is 11.3. The van der Waals surface area contributed by atoms with Crippen LogP contribution in [0, 0.1) is 0 Å². The van der Waals surface area contributed by atoms with Crippen LogP contribution in [0.5, 0.6) is 5.75 Å². The maximum Gasteiger partial charge on any atom is 0.150 e. The van der Waals surface area contributed by atoms with Gasteiger partial charge in [-0.05, 0) is 31.0 Å². The van der Waals surface area contributed by atoms with Gasteiger partial charge in [0.15, 0.2) is 0 Å². The van der Waals surface area contributed by atoms with E-state index in [4.69, 9.17) is 4.74 Å². The molecule has 4 nitrogen and oxygen atoms in total. The van der Waals surface area contributed by atoms with Crippen molar-refractivity contribution < 1.29 is 13.2 Å². The molecule has 1 saturated heterocycles. The van der Waals surface area contributed by atoms with Crippen LogP contribution in [0.25, 0.3) is 0 Å². The zero-order chi connectivity index (χ0) is 13.7. The van der Waals surface area contributed by atoms with Crippen LogP contribution in [0.2, 0.25) is 0 Å². The number of rotatable bonds is 5. The Balaban J connectivity index is 1.65.